The van der Waals surface area contributed by atoms with Gasteiger partial charge in [0.15, 0.2) is 5.82 Å². The summed E-state index contributed by atoms with van der Waals surface area (Å²) in [7, 11) is -2.50. The quantitative estimate of drug-likeness (QED) is 0.637. The number of benzene rings is 1. The Bertz CT molecular complexity index is 737. The Morgan fingerprint density at radius 3 is 2.52 bits per heavy atom. The molecule has 0 N–H and O–H groups in total. The summed E-state index contributed by atoms with van der Waals surface area (Å²) >= 11 is 0.804. The number of sulfonamides is 1. The van der Waals surface area contributed by atoms with Gasteiger partial charge in [-0.25, -0.2) is 4.98 Å². The fourth-order valence-corrected chi connectivity index (χ4v) is 3.40. The van der Waals surface area contributed by atoms with E-state index < -0.39 is 10.0 Å². The van der Waals surface area contributed by atoms with Crippen LogP contribution in [0.15, 0.2) is 39.1 Å². The molecule has 8 heteroatoms. The van der Waals surface area contributed by atoms with E-state index in [9.17, 15) is 8.42 Å². The summed E-state index contributed by atoms with van der Waals surface area (Å²) in [5.74, 6) is 0.385. The van der Waals surface area contributed by atoms with E-state index >= 15 is 0 Å². The van der Waals surface area contributed by atoms with Gasteiger partial charge in [-0.2, -0.15) is 12.8 Å². The van der Waals surface area contributed by atoms with E-state index in [2.05, 4.69) is 13.8 Å². The fraction of sp³-hybridized carbons (Fsp3) is 0.308. The van der Waals surface area contributed by atoms with Gasteiger partial charge in [0.25, 0.3) is 4.34 Å². The molecule has 0 bridgehead atoms. The summed E-state index contributed by atoms with van der Waals surface area (Å²) in [6, 6.07) is 9.17. The van der Waals surface area contributed by atoms with Gasteiger partial charge in [0.05, 0.1) is 7.11 Å². The minimum absolute atomic E-state index is 0.133. The highest BCUT2D eigenvalue weighted by atomic mass is 32.2. The molecule has 0 unspecified atom stereocenters. The first-order chi connectivity index (χ1) is 9.94. The molecule has 1 aromatic heterocycles. The average Bonchev–Trinajstić information content (AvgIpc) is 2.96. The zero-order chi connectivity index (χ0) is 15.5. The van der Waals surface area contributed by atoms with E-state index in [1.54, 1.807) is 13.8 Å². The lowest BCUT2D eigenvalue weighted by Crippen LogP contribution is -2.13. The van der Waals surface area contributed by atoms with Crippen molar-refractivity contribution in [2.75, 3.05) is 7.11 Å². The monoisotopic (exact) mass is 325 g/mol. The van der Waals surface area contributed by atoms with Crippen LogP contribution in [0, 0.1) is 5.92 Å². The molecule has 0 amide bonds. The lowest BCUT2D eigenvalue weighted by atomic mass is 10.2. The highest BCUT2D eigenvalue weighted by molar-refractivity contribution is 7.92. The standard InChI is InChI=1S/C13H15N3O3S2/c1-9(2)12(19-3)16-21(17,18)13-14-11(15-20-13)10-7-5-4-6-8-10/h4-9H,1-3H3/b16-12-. The van der Waals surface area contributed by atoms with E-state index in [-0.39, 0.29) is 16.2 Å². The number of hydrogen-bond donors (Lipinski definition) is 0. The van der Waals surface area contributed by atoms with Crippen LogP contribution in [0.5, 0.6) is 0 Å². The zero-order valence-corrected chi connectivity index (χ0v) is 13.5. The SMILES string of the molecule is CO/C(=N\S(=O)(=O)c1nc(-c2ccccc2)ns1)C(C)C. The van der Waals surface area contributed by atoms with Crippen LogP contribution in [-0.2, 0) is 14.8 Å². The Hall–Kier alpha value is -1.80. The van der Waals surface area contributed by atoms with Crippen molar-refractivity contribution in [2.24, 2.45) is 10.3 Å². The average molecular weight is 325 g/mol. The van der Waals surface area contributed by atoms with Gasteiger partial charge < -0.3 is 4.74 Å². The molecule has 1 aromatic carbocycles. The summed E-state index contributed by atoms with van der Waals surface area (Å²) in [6.45, 7) is 3.60. The predicted molar refractivity (Wildman–Crippen MR) is 81.8 cm³/mol. The van der Waals surface area contributed by atoms with Crippen molar-refractivity contribution < 1.29 is 13.2 Å². The summed E-state index contributed by atoms with van der Waals surface area (Å²) in [6.07, 6.45) is 0. The van der Waals surface area contributed by atoms with Crippen molar-refractivity contribution in [1.29, 1.82) is 0 Å². The number of hydrogen-bond acceptors (Lipinski definition) is 6. The third kappa shape index (κ3) is 3.64. The summed E-state index contributed by atoms with van der Waals surface area (Å²) in [5.41, 5.74) is 0.759. The highest BCUT2D eigenvalue weighted by Gasteiger charge is 2.22. The van der Waals surface area contributed by atoms with Crippen molar-refractivity contribution in [1.82, 2.24) is 9.36 Å². The molecule has 0 fully saturated rings. The molecule has 0 aliphatic heterocycles. The number of methoxy groups -OCH3 is 1. The lowest BCUT2D eigenvalue weighted by Gasteiger charge is -2.06. The first-order valence-electron chi connectivity index (χ1n) is 6.22. The summed E-state index contributed by atoms with van der Waals surface area (Å²) in [5, 5.41) is 0. The second-order valence-corrected chi connectivity index (χ2v) is 7.04. The molecule has 0 atom stereocenters. The number of nitrogens with zero attached hydrogens (tertiary/aromatic N) is 3. The van der Waals surface area contributed by atoms with Crippen molar-refractivity contribution >= 4 is 27.5 Å². The molecule has 112 valence electrons. The minimum atomic E-state index is -3.90. The first-order valence-corrected chi connectivity index (χ1v) is 8.43. The second kappa shape index (κ2) is 6.31. The van der Waals surface area contributed by atoms with E-state index in [1.165, 1.54) is 7.11 Å². The third-order valence-corrected chi connectivity index (χ3v) is 4.89. The lowest BCUT2D eigenvalue weighted by molar-refractivity contribution is 0.376. The van der Waals surface area contributed by atoms with Gasteiger partial charge in [0.1, 0.15) is 0 Å². The maximum Gasteiger partial charge on any atom is 0.314 e. The van der Waals surface area contributed by atoms with Crippen LogP contribution in [0.3, 0.4) is 0 Å². The first kappa shape index (κ1) is 15.6. The molecule has 2 rings (SSSR count). The maximum absolute atomic E-state index is 12.2. The number of aromatic nitrogens is 2. The number of rotatable bonds is 4. The van der Waals surface area contributed by atoms with E-state index in [1.807, 2.05) is 30.3 Å². The molecule has 0 aliphatic rings. The van der Waals surface area contributed by atoms with Crippen LogP contribution in [0.1, 0.15) is 13.8 Å². The Balaban J connectivity index is 2.37. The Morgan fingerprint density at radius 2 is 1.95 bits per heavy atom. The van der Waals surface area contributed by atoms with Crippen molar-refractivity contribution in [3.8, 4) is 11.4 Å². The highest BCUT2D eigenvalue weighted by Crippen LogP contribution is 2.22. The van der Waals surface area contributed by atoms with Crippen molar-refractivity contribution in [3.63, 3.8) is 0 Å². The summed E-state index contributed by atoms with van der Waals surface area (Å²) in [4.78, 5) is 4.06. The van der Waals surface area contributed by atoms with Gasteiger partial charge in [-0.1, -0.05) is 44.2 Å². The van der Waals surface area contributed by atoms with E-state index in [4.69, 9.17) is 4.74 Å². The molecular weight excluding hydrogens is 310 g/mol. The summed E-state index contributed by atoms with van der Waals surface area (Å²) < 4.78 is 37.0. The van der Waals surface area contributed by atoms with Crippen molar-refractivity contribution in [2.45, 2.75) is 18.2 Å². The van der Waals surface area contributed by atoms with Crippen LogP contribution < -0.4 is 0 Å². The van der Waals surface area contributed by atoms with Gasteiger partial charge >= 0.3 is 10.0 Å². The molecule has 0 spiro atoms. The Kier molecular flexibility index (Phi) is 4.69. The molecule has 2 aromatic rings. The smallest absolute Gasteiger partial charge is 0.314 e. The Labute approximate surface area is 127 Å². The second-order valence-electron chi connectivity index (χ2n) is 4.51. The normalized spacial score (nSPS) is 12.7. The van der Waals surface area contributed by atoms with Crippen molar-refractivity contribution in [3.05, 3.63) is 30.3 Å². The van der Waals surface area contributed by atoms with Crippen LogP contribution in [-0.4, -0.2) is 30.8 Å². The number of ether oxygens (including phenoxy) is 1. The van der Waals surface area contributed by atoms with Crippen LogP contribution in [0.2, 0.25) is 0 Å². The molecule has 0 radical (unpaired) electrons. The molecule has 0 aliphatic carbocycles. The van der Waals surface area contributed by atoms with Gasteiger partial charge in [-0.15, -0.1) is 4.40 Å². The van der Waals surface area contributed by atoms with Crippen LogP contribution >= 0.6 is 11.5 Å². The fourth-order valence-electron chi connectivity index (χ4n) is 1.55. The zero-order valence-electron chi connectivity index (χ0n) is 11.8. The molecule has 1 heterocycles. The molecule has 0 saturated carbocycles. The molecule has 21 heavy (non-hydrogen) atoms. The Morgan fingerprint density at radius 1 is 1.29 bits per heavy atom. The molecule has 0 saturated heterocycles. The molecular formula is C13H15N3O3S2. The van der Waals surface area contributed by atoms with Gasteiger partial charge in [0, 0.05) is 23.0 Å². The maximum atomic E-state index is 12.2. The van der Waals surface area contributed by atoms with E-state index in [0.717, 1.165) is 17.1 Å². The molecule has 6 nitrogen and oxygen atoms in total. The predicted octanol–water partition coefficient (Wildman–Crippen LogP) is 2.59. The van der Waals surface area contributed by atoms with Gasteiger partial charge in [-0.3, -0.25) is 0 Å². The van der Waals surface area contributed by atoms with E-state index in [0.29, 0.717) is 5.82 Å². The van der Waals surface area contributed by atoms with Crippen LogP contribution in [0.25, 0.3) is 11.4 Å². The third-order valence-electron chi connectivity index (χ3n) is 2.57. The topological polar surface area (TPSA) is 81.5 Å². The minimum Gasteiger partial charge on any atom is -0.483 e. The van der Waals surface area contributed by atoms with Crippen LogP contribution in [0.4, 0.5) is 0 Å². The van der Waals surface area contributed by atoms with Gasteiger partial charge in [-0.05, 0) is 0 Å². The van der Waals surface area contributed by atoms with Gasteiger partial charge in [0.2, 0.25) is 5.90 Å². The largest absolute Gasteiger partial charge is 0.483 e.